The maximum absolute atomic E-state index is 11.0. The van der Waals surface area contributed by atoms with Gasteiger partial charge in [0.1, 0.15) is 0 Å². The van der Waals surface area contributed by atoms with Crippen molar-refractivity contribution < 1.29 is 8.42 Å². The lowest BCUT2D eigenvalue weighted by Gasteiger charge is -2.21. The van der Waals surface area contributed by atoms with Crippen molar-refractivity contribution in [1.29, 1.82) is 0 Å². The number of hydrogen-bond acceptors (Lipinski definition) is 3. The molecule has 0 aromatic carbocycles. The van der Waals surface area contributed by atoms with Crippen LogP contribution in [0.25, 0.3) is 0 Å². The number of nitrogens with zero attached hydrogens (tertiary/aromatic N) is 2. The second-order valence-corrected chi connectivity index (χ2v) is 6.86. The molecule has 0 amide bonds. The van der Waals surface area contributed by atoms with E-state index in [1.54, 1.807) is 6.33 Å². The lowest BCUT2D eigenvalue weighted by Crippen LogP contribution is -2.12. The lowest BCUT2D eigenvalue weighted by molar-refractivity contribution is 0.319. The fourth-order valence-corrected chi connectivity index (χ4v) is 2.91. The minimum Gasteiger partial charge on any atom is -0.336 e. The van der Waals surface area contributed by atoms with Crippen LogP contribution in [0.4, 0.5) is 0 Å². The molecule has 0 aliphatic heterocycles. The maximum Gasteiger partial charge on any atom is 0.280 e. The van der Waals surface area contributed by atoms with Crippen LogP contribution in [0.15, 0.2) is 17.6 Å². The van der Waals surface area contributed by atoms with Crippen LogP contribution < -0.4 is 0 Å². The Bertz CT molecular complexity index is 449. The van der Waals surface area contributed by atoms with Gasteiger partial charge in [0, 0.05) is 23.4 Å². The third kappa shape index (κ3) is 2.98. The molecule has 16 heavy (non-hydrogen) atoms. The van der Waals surface area contributed by atoms with Crippen LogP contribution in [-0.2, 0) is 15.6 Å². The zero-order valence-corrected chi connectivity index (χ0v) is 10.5. The molecule has 2 rings (SSSR count). The molecule has 0 saturated heterocycles. The summed E-state index contributed by atoms with van der Waals surface area (Å²) < 4.78 is 23.9. The molecule has 90 valence electrons. The zero-order chi connectivity index (χ0) is 11.6. The molecule has 0 N–H and O–H groups in total. The third-order valence-corrected chi connectivity index (χ3v) is 4.24. The van der Waals surface area contributed by atoms with E-state index < -0.39 is 9.05 Å². The molecular weight excluding hydrogens is 248 g/mol. The van der Waals surface area contributed by atoms with E-state index in [2.05, 4.69) is 4.98 Å². The highest BCUT2D eigenvalue weighted by atomic mass is 35.7. The van der Waals surface area contributed by atoms with Gasteiger partial charge in [-0.3, -0.25) is 0 Å². The molecule has 1 heterocycles. The van der Waals surface area contributed by atoms with Gasteiger partial charge < -0.3 is 4.57 Å². The van der Waals surface area contributed by atoms with Gasteiger partial charge in [-0.25, -0.2) is 13.4 Å². The number of rotatable bonds is 3. The second-order valence-electron chi connectivity index (χ2n) is 4.35. The summed E-state index contributed by atoms with van der Waals surface area (Å²) in [5.41, 5.74) is 0. The summed E-state index contributed by atoms with van der Waals surface area (Å²) in [6.45, 7) is 0.847. The first-order valence-corrected chi connectivity index (χ1v) is 7.83. The average Bonchev–Trinajstić information content (AvgIpc) is 2.67. The summed E-state index contributed by atoms with van der Waals surface area (Å²) in [5, 5.41) is -0.0509. The van der Waals surface area contributed by atoms with E-state index >= 15 is 0 Å². The van der Waals surface area contributed by atoms with Crippen molar-refractivity contribution in [2.24, 2.45) is 5.92 Å². The Balaban J connectivity index is 2.02. The van der Waals surface area contributed by atoms with E-state index in [1.807, 2.05) is 4.57 Å². The topological polar surface area (TPSA) is 52.0 Å². The highest BCUT2D eigenvalue weighted by molar-refractivity contribution is 8.13. The molecule has 0 unspecified atom stereocenters. The van der Waals surface area contributed by atoms with Crippen molar-refractivity contribution in [3.63, 3.8) is 0 Å². The van der Waals surface area contributed by atoms with Crippen molar-refractivity contribution >= 4 is 19.7 Å². The first-order chi connectivity index (χ1) is 7.55. The van der Waals surface area contributed by atoms with E-state index in [0.29, 0.717) is 5.92 Å². The zero-order valence-electron chi connectivity index (χ0n) is 8.97. The summed E-state index contributed by atoms with van der Waals surface area (Å²) in [4.78, 5) is 3.80. The van der Waals surface area contributed by atoms with Crippen molar-refractivity contribution in [3.05, 3.63) is 12.5 Å². The fourth-order valence-electron chi connectivity index (χ4n) is 2.23. The first kappa shape index (κ1) is 11.9. The van der Waals surface area contributed by atoms with Gasteiger partial charge in [-0.2, -0.15) is 0 Å². The Morgan fingerprint density at radius 3 is 2.62 bits per heavy atom. The molecule has 1 aromatic rings. The SMILES string of the molecule is O=S(=O)(Cl)c1cn(CC2CCCCC2)cn1. The molecule has 4 nitrogen and oxygen atoms in total. The summed E-state index contributed by atoms with van der Waals surface area (Å²) in [7, 11) is 1.53. The largest absolute Gasteiger partial charge is 0.336 e. The van der Waals surface area contributed by atoms with Crippen molar-refractivity contribution in [2.75, 3.05) is 0 Å². The Morgan fingerprint density at radius 1 is 1.38 bits per heavy atom. The maximum atomic E-state index is 11.0. The van der Waals surface area contributed by atoms with Gasteiger partial charge in [-0.05, 0) is 18.8 Å². The molecular formula is C10H15ClN2O2S. The van der Waals surface area contributed by atoms with Gasteiger partial charge in [0.15, 0.2) is 5.03 Å². The fraction of sp³-hybridized carbons (Fsp3) is 0.700. The van der Waals surface area contributed by atoms with E-state index in [-0.39, 0.29) is 5.03 Å². The molecule has 1 saturated carbocycles. The minimum absolute atomic E-state index is 0.0509. The van der Waals surface area contributed by atoms with Gasteiger partial charge in [0.05, 0.1) is 6.33 Å². The highest BCUT2D eigenvalue weighted by Gasteiger charge is 2.17. The summed E-state index contributed by atoms with van der Waals surface area (Å²) in [6.07, 6.45) is 9.38. The number of aromatic nitrogens is 2. The Morgan fingerprint density at radius 2 is 2.06 bits per heavy atom. The number of imidazole rings is 1. The molecule has 1 aromatic heterocycles. The summed E-state index contributed by atoms with van der Waals surface area (Å²) >= 11 is 0. The van der Waals surface area contributed by atoms with E-state index in [4.69, 9.17) is 10.7 Å². The van der Waals surface area contributed by atoms with Gasteiger partial charge in [-0.1, -0.05) is 19.3 Å². The summed E-state index contributed by atoms with van der Waals surface area (Å²) in [6, 6.07) is 0. The summed E-state index contributed by atoms with van der Waals surface area (Å²) in [5.74, 6) is 0.647. The van der Waals surface area contributed by atoms with Crippen molar-refractivity contribution in [2.45, 2.75) is 43.7 Å². The Hall–Kier alpha value is -0.550. The quantitative estimate of drug-likeness (QED) is 0.786. The predicted octanol–water partition coefficient (Wildman–Crippen LogP) is 2.39. The van der Waals surface area contributed by atoms with E-state index in [1.165, 1.54) is 38.3 Å². The first-order valence-electron chi connectivity index (χ1n) is 5.52. The van der Waals surface area contributed by atoms with Gasteiger partial charge in [-0.15, -0.1) is 0 Å². The van der Waals surface area contributed by atoms with Crippen LogP contribution in [0.2, 0.25) is 0 Å². The minimum atomic E-state index is -3.68. The average molecular weight is 263 g/mol. The standard InChI is InChI=1S/C10H15ClN2O2S/c11-16(14,15)10-7-13(8-12-10)6-9-4-2-1-3-5-9/h7-9H,1-6H2. The van der Waals surface area contributed by atoms with Gasteiger partial charge in [0.2, 0.25) is 0 Å². The normalized spacial score (nSPS) is 18.8. The Labute approximate surface area is 100 Å². The van der Waals surface area contributed by atoms with E-state index in [0.717, 1.165) is 6.54 Å². The third-order valence-electron chi connectivity index (χ3n) is 3.05. The van der Waals surface area contributed by atoms with Crippen LogP contribution >= 0.6 is 10.7 Å². The molecule has 0 bridgehead atoms. The van der Waals surface area contributed by atoms with Crippen LogP contribution in [0.3, 0.4) is 0 Å². The highest BCUT2D eigenvalue weighted by Crippen LogP contribution is 2.25. The molecule has 1 aliphatic carbocycles. The molecule has 0 spiro atoms. The molecule has 0 radical (unpaired) electrons. The molecule has 0 atom stereocenters. The lowest BCUT2D eigenvalue weighted by atomic mass is 9.89. The van der Waals surface area contributed by atoms with Crippen molar-refractivity contribution in [3.8, 4) is 0 Å². The van der Waals surface area contributed by atoms with Crippen molar-refractivity contribution in [1.82, 2.24) is 9.55 Å². The van der Waals surface area contributed by atoms with E-state index in [9.17, 15) is 8.42 Å². The predicted molar refractivity (Wildman–Crippen MR) is 61.8 cm³/mol. The van der Waals surface area contributed by atoms with Gasteiger partial charge in [0.25, 0.3) is 9.05 Å². The number of halogens is 1. The molecule has 1 aliphatic rings. The van der Waals surface area contributed by atoms with Crippen LogP contribution in [0.1, 0.15) is 32.1 Å². The Kier molecular flexibility index (Phi) is 3.54. The van der Waals surface area contributed by atoms with Crippen LogP contribution in [0.5, 0.6) is 0 Å². The second kappa shape index (κ2) is 4.75. The molecule has 1 fully saturated rings. The van der Waals surface area contributed by atoms with Crippen LogP contribution in [-0.4, -0.2) is 18.0 Å². The molecule has 6 heteroatoms. The van der Waals surface area contributed by atoms with Crippen LogP contribution in [0, 0.1) is 5.92 Å². The van der Waals surface area contributed by atoms with Gasteiger partial charge >= 0.3 is 0 Å². The number of hydrogen-bond donors (Lipinski definition) is 0. The smallest absolute Gasteiger partial charge is 0.280 e. The monoisotopic (exact) mass is 262 g/mol.